The maximum atomic E-state index is 13.9. The van der Waals surface area contributed by atoms with Gasteiger partial charge in [-0.2, -0.15) is 0 Å². The molecule has 266 valence electrons. The third-order valence-corrected chi connectivity index (χ3v) is 10.1. The number of hydrogen-bond donors (Lipinski definition) is 2. The quantitative estimate of drug-likeness (QED) is 0.0358. The fourth-order valence-electron chi connectivity index (χ4n) is 5.27. The number of thiazole rings is 1. The Morgan fingerprint density at radius 2 is 1.78 bits per heavy atom. The number of nitrogens with one attached hydrogen (secondary N) is 2. The van der Waals surface area contributed by atoms with Gasteiger partial charge in [0.2, 0.25) is 12.3 Å². The SMILES string of the molecule is C=CC1(C(=O)OC(c2ccccc2)c2ccccc2)CS[C@@H]2C(NC(=O)C(=NOCC=CC(=O)OC(C)(C)C)c3csc(NC=O)n3)C(=O)N2C1. The van der Waals surface area contributed by atoms with Gasteiger partial charge in [-0.15, -0.1) is 29.7 Å². The number of fused-ring (bicyclic) bond motifs is 1. The van der Waals surface area contributed by atoms with E-state index in [9.17, 15) is 24.0 Å². The molecule has 3 amide bonds. The highest BCUT2D eigenvalue weighted by molar-refractivity contribution is 8.00. The summed E-state index contributed by atoms with van der Waals surface area (Å²) in [5, 5.41) is 10.3. The van der Waals surface area contributed by atoms with Crippen molar-refractivity contribution in [1.29, 1.82) is 0 Å². The van der Waals surface area contributed by atoms with Crippen molar-refractivity contribution in [3.8, 4) is 0 Å². The topological polar surface area (TPSA) is 166 Å². The van der Waals surface area contributed by atoms with E-state index in [2.05, 4.69) is 27.4 Å². The number of oxime groups is 1. The van der Waals surface area contributed by atoms with Crippen LogP contribution in [0.5, 0.6) is 0 Å². The maximum absolute atomic E-state index is 13.9. The molecule has 2 saturated heterocycles. The third-order valence-electron chi connectivity index (χ3n) is 7.75. The van der Waals surface area contributed by atoms with Crippen LogP contribution in [0.1, 0.15) is 43.7 Å². The molecule has 2 unspecified atom stereocenters. The molecule has 0 bridgehead atoms. The predicted octanol–water partition coefficient (Wildman–Crippen LogP) is 4.24. The molecule has 0 aliphatic carbocycles. The molecular formula is C36H37N5O8S2. The van der Waals surface area contributed by atoms with Crippen molar-refractivity contribution in [2.24, 2.45) is 10.6 Å². The van der Waals surface area contributed by atoms with Crippen molar-refractivity contribution < 1.29 is 38.3 Å². The largest absolute Gasteiger partial charge is 0.457 e. The first kappa shape index (κ1) is 37.0. The molecule has 0 radical (unpaired) electrons. The molecule has 51 heavy (non-hydrogen) atoms. The van der Waals surface area contributed by atoms with Crippen LogP contribution in [0.3, 0.4) is 0 Å². The number of rotatable bonds is 14. The Bertz CT molecular complexity index is 1790. The van der Waals surface area contributed by atoms with E-state index in [1.165, 1.54) is 40.3 Å². The fraction of sp³-hybridized carbons (Fsp3) is 0.306. The number of anilines is 1. The first-order chi connectivity index (χ1) is 24.4. The van der Waals surface area contributed by atoms with Gasteiger partial charge >= 0.3 is 11.9 Å². The molecule has 0 spiro atoms. The van der Waals surface area contributed by atoms with Crippen molar-refractivity contribution in [2.45, 2.75) is 43.9 Å². The van der Waals surface area contributed by atoms with E-state index in [4.69, 9.17) is 14.3 Å². The molecule has 3 atom stereocenters. The summed E-state index contributed by atoms with van der Waals surface area (Å²) >= 11 is 2.38. The molecule has 5 rings (SSSR count). The van der Waals surface area contributed by atoms with Crippen LogP contribution in [0, 0.1) is 5.41 Å². The Morgan fingerprint density at radius 3 is 2.39 bits per heavy atom. The predicted molar refractivity (Wildman–Crippen MR) is 193 cm³/mol. The van der Waals surface area contributed by atoms with E-state index in [-0.39, 0.29) is 35.4 Å². The normalized spacial score (nSPS) is 20.2. The number of carbonyl (C=O) groups excluding carboxylic acids is 5. The van der Waals surface area contributed by atoms with Crippen LogP contribution < -0.4 is 10.6 Å². The van der Waals surface area contributed by atoms with Gasteiger partial charge in [0.25, 0.3) is 5.91 Å². The van der Waals surface area contributed by atoms with Gasteiger partial charge in [0.1, 0.15) is 34.7 Å². The summed E-state index contributed by atoms with van der Waals surface area (Å²) in [5.74, 6) is -1.98. The molecule has 0 saturated carbocycles. The van der Waals surface area contributed by atoms with Crippen LogP contribution in [-0.4, -0.2) is 81.7 Å². The molecule has 3 aromatic rings. The number of β-lactam (4-membered cyclic amide) rings is 1. The van der Waals surface area contributed by atoms with Crippen molar-refractivity contribution in [1.82, 2.24) is 15.2 Å². The number of benzene rings is 2. The molecule has 2 aromatic carbocycles. The van der Waals surface area contributed by atoms with E-state index in [1.54, 1.807) is 20.8 Å². The van der Waals surface area contributed by atoms with Gasteiger partial charge in [-0.3, -0.25) is 19.2 Å². The summed E-state index contributed by atoms with van der Waals surface area (Å²) in [5.41, 5.74) is -0.412. The minimum Gasteiger partial charge on any atom is -0.457 e. The Kier molecular flexibility index (Phi) is 11.7. The highest BCUT2D eigenvalue weighted by Crippen LogP contribution is 2.44. The zero-order chi connectivity index (χ0) is 36.6. The van der Waals surface area contributed by atoms with Crippen molar-refractivity contribution in [3.63, 3.8) is 0 Å². The van der Waals surface area contributed by atoms with E-state index in [1.807, 2.05) is 60.7 Å². The van der Waals surface area contributed by atoms with Crippen LogP contribution in [0.2, 0.25) is 0 Å². The van der Waals surface area contributed by atoms with Crippen LogP contribution in [0.15, 0.2) is 96.0 Å². The third kappa shape index (κ3) is 8.91. The fourth-order valence-corrected chi connectivity index (χ4v) is 7.46. The number of amides is 3. The lowest BCUT2D eigenvalue weighted by Crippen LogP contribution is -2.73. The van der Waals surface area contributed by atoms with Gasteiger partial charge in [-0.1, -0.05) is 71.9 Å². The second-order valence-corrected chi connectivity index (χ2v) is 14.5. The number of carbonyl (C=O) groups is 5. The van der Waals surface area contributed by atoms with Gasteiger partial charge in [0.15, 0.2) is 16.9 Å². The molecular weight excluding hydrogens is 695 g/mol. The highest BCUT2D eigenvalue weighted by atomic mass is 32.2. The number of ether oxygens (including phenoxy) is 2. The number of aromatic nitrogens is 1. The summed E-state index contributed by atoms with van der Waals surface area (Å²) in [6.07, 6.45) is 3.86. The second kappa shape index (κ2) is 16.2. The maximum Gasteiger partial charge on any atom is 0.331 e. The van der Waals surface area contributed by atoms with E-state index < -0.39 is 52.3 Å². The smallest absolute Gasteiger partial charge is 0.331 e. The van der Waals surface area contributed by atoms with Crippen molar-refractivity contribution >= 4 is 64.1 Å². The lowest BCUT2D eigenvalue weighted by molar-refractivity contribution is -0.162. The average Bonchev–Trinajstić information content (AvgIpc) is 3.58. The van der Waals surface area contributed by atoms with Crippen LogP contribution in [0.25, 0.3) is 0 Å². The first-order valence-electron chi connectivity index (χ1n) is 15.9. The van der Waals surface area contributed by atoms with Gasteiger partial charge < -0.3 is 29.8 Å². The summed E-state index contributed by atoms with van der Waals surface area (Å²) in [7, 11) is 0. The molecule has 2 N–H and O–H groups in total. The Balaban J connectivity index is 1.26. The zero-order valence-electron chi connectivity index (χ0n) is 28.1. The Morgan fingerprint density at radius 1 is 1.12 bits per heavy atom. The minimum absolute atomic E-state index is 0.0232. The molecule has 2 aliphatic rings. The minimum atomic E-state index is -1.19. The number of nitrogens with zero attached hydrogens (tertiary/aromatic N) is 3. The Labute approximate surface area is 303 Å². The molecule has 13 nitrogen and oxygen atoms in total. The first-order valence-corrected chi connectivity index (χ1v) is 17.8. The van der Waals surface area contributed by atoms with Crippen LogP contribution >= 0.6 is 23.1 Å². The monoisotopic (exact) mass is 731 g/mol. The van der Waals surface area contributed by atoms with E-state index >= 15 is 0 Å². The lowest BCUT2D eigenvalue weighted by atomic mass is 9.87. The summed E-state index contributed by atoms with van der Waals surface area (Å²) in [6.45, 7) is 8.99. The lowest BCUT2D eigenvalue weighted by Gasteiger charge is -2.53. The van der Waals surface area contributed by atoms with Crippen molar-refractivity contribution in [2.75, 3.05) is 24.2 Å². The molecule has 2 fully saturated rings. The molecule has 3 heterocycles. The van der Waals surface area contributed by atoms with Crippen LogP contribution in [-0.2, 0) is 38.3 Å². The Hall–Kier alpha value is -5.28. The van der Waals surface area contributed by atoms with Crippen molar-refractivity contribution in [3.05, 3.63) is 108 Å². The van der Waals surface area contributed by atoms with Gasteiger partial charge in [-0.05, 0) is 38.0 Å². The zero-order valence-corrected chi connectivity index (χ0v) is 29.8. The van der Waals surface area contributed by atoms with Crippen LogP contribution in [0.4, 0.5) is 5.13 Å². The van der Waals surface area contributed by atoms with Gasteiger partial charge in [0.05, 0.1) is 0 Å². The number of esters is 2. The highest BCUT2D eigenvalue weighted by Gasteiger charge is 2.57. The standard InChI is InChI=1S/C36H37N5O8S2/c1-5-36(33(46)48-29(23-13-8-6-9-14-23)24-15-10-7-11-16-24)20-41-31(45)28(32(41)51-21-36)39-30(44)27(25-19-50-34(38-25)37-22-42)40-47-18-12-17-26(43)49-35(2,3)4/h5-17,19,22,28-29,32H,1,18,20-21H2,2-4H3,(H,39,44)(H,37,38,42)/t28?,32-,36?/m1/s1. The summed E-state index contributed by atoms with van der Waals surface area (Å²) < 4.78 is 11.4. The molecule has 2 aliphatic heterocycles. The molecule has 15 heteroatoms. The van der Waals surface area contributed by atoms with E-state index in [0.29, 0.717) is 6.41 Å². The summed E-state index contributed by atoms with van der Waals surface area (Å²) in [6, 6.07) is 17.9. The molecule has 1 aromatic heterocycles. The van der Waals surface area contributed by atoms with Gasteiger partial charge in [-0.25, -0.2) is 9.78 Å². The van der Waals surface area contributed by atoms with Gasteiger partial charge in [0, 0.05) is 23.8 Å². The van der Waals surface area contributed by atoms with E-state index in [0.717, 1.165) is 22.5 Å². The number of thioether (sulfide) groups is 1. The second-order valence-electron chi connectivity index (χ2n) is 12.6. The average molecular weight is 732 g/mol. The summed E-state index contributed by atoms with van der Waals surface area (Å²) in [4.78, 5) is 74.8. The number of hydrogen-bond acceptors (Lipinski definition) is 12.